The van der Waals surface area contributed by atoms with E-state index in [-0.39, 0.29) is 0 Å². The van der Waals surface area contributed by atoms with E-state index in [0.29, 0.717) is 0 Å². The predicted molar refractivity (Wildman–Crippen MR) is 128 cm³/mol. The summed E-state index contributed by atoms with van der Waals surface area (Å²) in [5.41, 5.74) is 12.6. The van der Waals surface area contributed by atoms with Crippen LogP contribution in [0.4, 0.5) is 0 Å². The van der Waals surface area contributed by atoms with Gasteiger partial charge in [-0.15, -0.1) is 0 Å². The molecule has 0 saturated heterocycles. The minimum atomic E-state index is -0.606. The normalized spacial score (nSPS) is 11.4. The molecule has 0 nitrogen and oxygen atoms in total. The zero-order valence-electron chi connectivity index (χ0n) is 18.9. The van der Waals surface area contributed by atoms with E-state index in [9.17, 15) is 0 Å². The van der Waals surface area contributed by atoms with Crippen LogP contribution in [0.2, 0.25) is 0 Å². The summed E-state index contributed by atoms with van der Waals surface area (Å²) in [6.07, 6.45) is 0. The third kappa shape index (κ3) is 3.81. The molecule has 1 heteroatoms. The second kappa shape index (κ2) is 7.84. The van der Waals surface area contributed by atoms with Crippen LogP contribution in [0.5, 0.6) is 0 Å². The molecule has 0 bridgehead atoms. The smallest absolute Gasteiger partial charge is 0.0116 e. The Kier molecular flexibility index (Phi) is 5.83. The van der Waals surface area contributed by atoms with Crippen molar-refractivity contribution in [1.82, 2.24) is 0 Å². The Morgan fingerprint density at radius 3 is 0.893 bits per heavy atom. The monoisotopic (exact) mass is 388 g/mol. The molecular formula is C27H33P. The van der Waals surface area contributed by atoms with E-state index in [0.717, 1.165) is 0 Å². The highest BCUT2D eigenvalue weighted by atomic mass is 31.1. The summed E-state index contributed by atoms with van der Waals surface area (Å²) in [6.45, 7) is 20.3. The van der Waals surface area contributed by atoms with Crippen molar-refractivity contribution in [3.8, 4) is 0 Å². The Morgan fingerprint density at radius 2 is 0.643 bits per heavy atom. The van der Waals surface area contributed by atoms with Crippen LogP contribution in [0.3, 0.4) is 0 Å². The molecule has 0 aromatic heterocycles. The molecular weight excluding hydrogens is 355 g/mol. The predicted octanol–water partition coefficient (Wildman–Crippen LogP) is 6.22. The maximum absolute atomic E-state index is 2.43. The summed E-state index contributed by atoms with van der Waals surface area (Å²) in [5.74, 6) is 0. The molecule has 0 aliphatic carbocycles. The van der Waals surface area contributed by atoms with Crippen molar-refractivity contribution in [1.29, 1.82) is 0 Å². The van der Waals surface area contributed by atoms with Crippen molar-refractivity contribution in [3.05, 3.63) is 86.5 Å². The zero-order valence-corrected chi connectivity index (χ0v) is 19.8. The van der Waals surface area contributed by atoms with Crippen LogP contribution in [0, 0.1) is 62.3 Å². The average molecular weight is 389 g/mol. The summed E-state index contributed by atoms with van der Waals surface area (Å²) >= 11 is 0. The van der Waals surface area contributed by atoms with E-state index in [4.69, 9.17) is 0 Å². The minimum absolute atomic E-state index is 0.606. The van der Waals surface area contributed by atoms with E-state index in [2.05, 4.69) is 98.7 Å². The Morgan fingerprint density at radius 1 is 0.393 bits per heavy atom. The molecule has 0 spiro atoms. The molecule has 3 aromatic rings. The van der Waals surface area contributed by atoms with E-state index < -0.39 is 7.92 Å². The topological polar surface area (TPSA) is 0 Å². The number of benzene rings is 3. The van der Waals surface area contributed by atoms with Crippen LogP contribution in [0.25, 0.3) is 0 Å². The average Bonchev–Trinajstić information content (AvgIpc) is 2.60. The van der Waals surface area contributed by atoms with Crippen molar-refractivity contribution in [2.45, 2.75) is 62.3 Å². The third-order valence-electron chi connectivity index (χ3n) is 6.08. The van der Waals surface area contributed by atoms with Crippen molar-refractivity contribution < 1.29 is 0 Å². The molecule has 0 radical (unpaired) electrons. The van der Waals surface area contributed by atoms with Crippen LogP contribution in [0.1, 0.15) is 50.1 Å². The maximum Gasteiger partial charge on any atom is -0.0116 e. The van der Waals surface area contributed by atoms with Gasteiger partial charge in [0.2, 0.25) is 0 Å². The molecule has 146 valence electrons. The quantitative estimate of drug-likeness (QED) is 0.467. The first-order valence-corrected chi connectivity index (χ1v) is 11.5. The second-order valence-corrected chi connectivity index (χ2v) is 10.6. The van der Waals surface area contributed by atoms with Gasteiger partial charge in [-0.25, -0.2) is 0 Å². The molecule has 0 aliphatic rings. The maximum atomic E-state index is 2.43. The van der Waals surface area contributed by atoms with Crippen LogP contribution < -0.4 is 15.9 Å². The number of hydrogen-bond donors (Lipinski definition) is 0. The first-order valence-electron chi connectivity index (χ1n) is 10.1. The fourth-order valence-corrected chi connectivity index (χ4v) is 7.45. The molecule has 0 aliphatic heterocycles. The van der Waals surface area contributed by atoms with Gasteiger partial charge in [0.1, 0.15) is 0 Å². The van der Waals surface area contributed by atoms with Gasteiger partial charge >= 0.3 is 0 Å². The highest BCUT2D eigenvalue weighted by Gasteiger charge is 2.24. The van der Waals surface area contributed by atoms with Gasteiger partial charge < -0.3 is 0 Å². The Bertz CT molecular complexity index is 920. The van der Waals surface area contributed by atoms with Crippen molar-refractivity contribution >= 4 is 23.8 Å². The van der Waals surface area contributed by atoms with Gasteiger partial charge in [0.25, 0.3) is 0 Å². The van der Waals surface area contributed by atoms with Crippen molar-refractivity contribution in [2.75, 3.05) is 0 Å². The lowest BCUT2D eigenvalue weighted by Crippen LogP contribution is -2.27. The van der Waals surface area contributed by atoms with Crippen molar-refractivity contribution in [3.63, 3.8) is 0 Å². The van der Waals surface area contributed by atoms with Crippen LogP contribution >= 0.6 is 7.92 Å². The van der Waals surface area contributed by atoms with Gasteiger partial charge in [-0.3, -0.25) is 0 Å². The van der Waals surface area contributed by atoms with Crippen LogP contribution in [0.15, 0.2) is 36.4 Å². The SMILES string of the molecule is Cc1cc(C)c(C)c(P(c2cc(C)cc(C)c2C)c2cc(C)cc(C)c2C)c1. The fraction of sp³-hybridized carbons (Fsp3) is 0.333. The Labute approximate surface area is 172 Å². The third-order valence-corrected chi connectivity index (χ3v) is 8.91. The second-order valence-electron chi connectivity index (χ2n) is 8.51. The molecule has 3 rings (SSSR count). The Hall–Kier alpha value is -1.91. The van der Waals surface area contributed by atoms with E-state index in [1.54, 1.807) is 0 Å². The molecule has 0 N–H and O–H groups in total. The number of aryl methyl sites for hydroxylation is 6. The summed E-state index contributed by atoms with van der Waals surface area (Å²) in [4.78, 5) is 0. The number of rotatable bonds is 3. The van der Waals surface area contributed by atoms with E-state index in [1.165, 1.54) is 66.0 Å². The largest absolute Gasteiger partial charge is 0.0561 e. The lowest BCUT2D eigenvalue weighted by atomic mass is 10.1. The van der Waals surface area contributed by atoms with Gasteiger partial charge in [-0.2, -0.15) is 0 Å². The van der Waals surface area contributed by atoms with E-state index in [1.807, 2.05) is 0 Å². The van der Waals surface area contributed by atoms with Crippen LogP contribution in [-0.4, -0.2) is 0 Å². The summed E-state index contributed by atoms with van der Waals surface area (Å²) in [6, 6.07) is 14.2. The molecule has 0 fully saturated rings. The summed E-state index contributed by atoms with van der Waals surface area (Å²) in [7, 11) is -0.606. The highest BCUT2D eigenvalue weighted by molar-refractivity contribution is 7.80. The van der Waals surface area contributed by atoms with Gasteiger partial charge in [-0.1, -0.05) is 53.1 Å². The van der Waals surface area contributed by atoms with Gasteiger partial charge in [0.15, 0.2) is 0 Å². The lowest BCUT2D eigenvalue weighted by Gasteiger charge is -2.28. The Balaban J connectivity index is 2.44. The van der Waals surface area contributed by atoms with Crippen LogP contribution in [-0.2, 0) is 0 Å². The summed E-state index contributed by atoms with van der Waals surface area (Å²) in [5, 5.41) is 4.52. The summed E-state index contributed by atoms with van der Waals surface area (Å²) < 4.78 is 0. The van der Waals surface area contributed by atoms with Gasteiger partial charge in [0.05, 0.1) is 0 Å². The molecule has 0 saturated carbocycles. The molecule has 0 amide bonds. The highest BCUT2D eigenvalue weighted by Crippen LogP contribution is 2.39. The first-order chi connectivity index (χ1) is 13.1. The fourth-order valence-electron chi connectivity index (χ4n) is 4.14. The molecule has 0 atom stereocenters. The van der Waals surface area contributed by atoms with Crippen molar-refractivity contribution in [2.24, 2.45) is 0 Å². The number of hydrogen-bond acceptors (Lipinski definition) is 0. The minimum Gasteiger partial charge on any atom is -0.0561 e. The van der Waals surface area contributed by atoms with Gasteiger partial charge in [0, 0.05) is 0 Å². The molecule has 3 aromatic carbocycles. The zero-order chi connectivity index (χ0) is 20.7. The lowest BCUT2D eigenvalue weighted by molar-refractivity contribution is 1.31. The molecule has 0 heterocycles. The first kappa shape index (κ1) is 20.8. The standard InChI is InChI=1S/C27H33P/c1-16-10-19(4)22(7)25(13-16)28(26-14-17(2)11-20(5)23(26)8)27-15-18(3)12-21(6)24(27)9/h10-15H,1-9H3. The van der Waals surface area contributed by atoms with Gasteiger partial charge in [-0.05, 0) is 120 Å². The molecule has 28 heavy (non-hydrogen) atoms. The van der Waals surface area contributed by atoms with E-state index >= 15 is 0 Å². The molecule has 0 unspecified atom stereocenters.